The van der Waals surface area contributed by atoms with Gasteiger partial charge in [0.1, 0.15) is 11.9 Å². The van der Waals surface area contributed by atoms with E-state index < -0.39 is 62.4 Å². The molecule has 33 heavy (non-hydrogen) atoms. The van der Waals surface area contributed by atoms with Crippen molar-refractivity contribution in [1.29, 1.82) is 0 Å². The minimum Gasteiger partial charge on any atom is -0.441 e. The predicted octanol–water partition coefficient (Wildman–Crippen LogP) is 5.56. The molecule has 1 N–H and O–H groups in total. The summed E-state index contributed by atoms with van der Waals surface area (Å²) in [6.45, 7) is 6.80. The Labute approximate surface area is 189 Å². The van der Waals surface area contributed by atoms with Crippen LogP contribution in [-0.2, 0) is 20.5 Å². The number of benzene rings is 2. The SMILES string of the molecule is CCCN1C(=O)OC(C(C)C)c2cc(NS(=O)(=O)Cc3c(F)c(F)c(C)c(F)c3F)ccc21. The Morgan fingerprint density at radius 3 is 2.24 bits per heavy atom. The summed E-state index contributed by atoms with van der Waals surface area (Å²) < 4.78 is 88.9. The molecule has 2 aromatic carbocycles. The number of sulfonamides is 1. The summed E-state index contributed by atoms with van der Waals surface area (Å²) in [5.41, 5.74) is -0.941. The number of carbonyl (C=O) groups excluding carboxylic acids is 1. The van der Waals surface area contributed by atoms with Gasteiger partial charge in [0, 0.05) is 28.9 Å². The van der Waals surface area contributed by atoms with Crippen molar-refractivity contribution in [1.82, 2.24) is 0 Å². The van der Waals surface area contributed by atoms with Crippen LogP contribution in [0.2, 0.25) is 0 Å². The molecule has 1 amide bonds. The first kappa shape index (κ1) is 24.8. The van der Waals surface area contributed by atoms with Crippen LogP contribution >= 0.6 is 0 Å². The lowest BCUT2D eigenvalue weighted by Crippen LogP contribution is -2.39. The summed E-state index contributed by atoms with van der Waals surface area (Å²) in [4.78, 5) is 13.8. The molecule has 3 rings (SSSR count). The number of hydrogen-bond acceptors (Lipinski definition) is 4. The number of halogens is 4. The molecule has 0 aromatic heterocycles. The van der Waals surface area contributed by atoms with Crippen LogP contribution in [0.4, 0.5) is 33.7 Å². The number of hydrogen-bond donors (Lipinski definition) is 1. The third-order valence-corrected chi connectivity index (χ3v) is 6.52. The van der Waals surface area contributed by atoms with Crippen LogP contribution in [0.15, 0.2) is 18.2 Å². The average Bonchev–Trinajstić information content (AvgIpc) is 2.75. The van der Waals surface area contributed by atoms with Crippen molar-refractivity contribution in [3.63, 3.8) is 0 Å². The Morgan fingerprint density at radius 2 is 1.70 bits per heavy atom. The Balaban J connectivity index is 1.96. The molecule has 1 aliphatic rings. The van der Waals surface area contributed by atoms with Crippen molar-refractivity contribution >= 4 is 27.5 Å². The van der Waals surface area contributed by atoms with Gasteiger partial charge in [-0.1, -0.05) is 20.8 Å². The van der Waals surface area contributed by atoms with Crippen molar-refractivity contribution in [3.05, 3.63) is 58.2 Å². The van der Waals surface area contributed by atoms with Gasteiger partial charge in [-0.05, 0) is 37.5 Å². The lowest BCUT2D eigenvalue weighted by atomic mass is 9.95. The maximum Gasteiger partial charge on any atom is 0.414 e. The van der Waals surface area contributed by atoms with Gasteiger partial charge in [0.25, 0.3) is 0 Å². The largest absolute Gasteiger partial charge is 0.441 e. The van der Waals surface area contributed by atoms with E-state index in [1.165, 1.54) is 17.0 Å². The lowest BCUT2D eigenvalue weighted by molar-refractivity contribution is 0.0702. The number of anilines is 2. The van der Waals surface area contributed by atoms with Gasteiger partial charge in [-0.15, -0.1) is 0 Å². The first-order valence-electron chi connectivity index (χ1n) is 10.3. The van der Waals surface area contributed by atoms with E-state index in [1.807, 2.05) is 20.8 Å². The Bertz CT molecular complexity index is 1170. The monoisotopic (exact) mass is 488 g/mol. The molecule has 1 unspecified atom stereocenters. The van der Waals surface area contributed by atoms with Gasteiger partial charge in [0.2, 0.25) is 10.0 Å². The molecule has 0 saturated heterocycles. The molecule has 0 fully saturated rings. The number of ether oxygens (including phenoxy) is 1. The van der Waals surface area contributed by atoms with Crippen LogP contribution in [0.5, 0.6) is 0 Å². The fraction of sp³-hybridized carbons (Fsp3) is 0.409. The fourth-order valence-corrected chi connectivity index (χ4v) is 4.87. The zero-order valence-electron chi connectivity index (χ0n) is 18.5. The number of amides is 1. The standard InChI is InChI=1S/C22H24F4N2O4S/c1-5-8-28-16-7-6-13(9-14(16)21(11(2)3)32-22(28)29)27-33(30,31)10-15-19(25)17(23)12(4)18(24)20(15)26/h6-7,9,11,21,27H,5,8,10H2,1-4H3. The van der Waals surface area contributed by atoms with Gasteiger partial charge in [0.15, 0.2) is 23.3 Å². The molecule has 1 heterocycles. The third-order valence-electron chi connectivity index (χ3n) is 5.31. The molecule has 11 heteroatoms. The highest BCUT2D eigenvalue weighted by atomic mass is 32.2. The molecule has 2 aromatic rings. The fourth-order valence-electron chi connectivity index (χ4n) is 3.68. The summed E-state index contributed by atoms with van der Waals surface area (Å²) in [7, 11) is -4.46. The normalized spacial score (nSPS) is 16.1. The van der Waals surface area contributed by atoms with E-state index in [0.29, 0.717) is 24.2 Å². The van der Waals surface area contributed by atoms with Crippen molar-refractivity contribution in [2.75, 3.05) is 16.2 Å². The van der Waals surface area contributed by atoms with E-state index in [1.54, 1.807) is 6.07 Å². The summed E-state index contributed by atoms with van der Waals surface area (Å²) >= 11 is 0. The van der Waals surface area contributed by atoms with Crippen LogP contribution in [0.3, 0.4) is 0 Å². The zero-order chi connectivity index (χ0) is 24.7. The second-order valence-electron chi connectivity index (χ2n) is 8.19. The van der Waals surface area contributed by atoms with Crippen LogP contribution in [0, 0.1) is 36.1 Å². The smallest absolute Gasteiger partial charge is 0.414 e. The van der Waals surface area contributed by atoms with Gasteiger partial charge >= 0.3 is 6.09 Å². The van der Waals surface area contributed by atoms with Crippen molar-refractivity contribution in [3.8, 4) is 0 Å². The molecule has 0 aliphatic carbocycles. The number of nitrogens with one attached hydrogen (secondary N) is 1. The Kier molecular flexibility index (Phi) is 6.92. The minimum atomic E-state index is -4.46. The van der Waals surface area contributed by atoms with Crippen molar-refractivity contribution in [2.24, 2.45) is 5.92 Å². The lowest BCUT2D eigenvalue weighted by Gasteiger charge is -2.35. The quantitative estimate of drug-likeness (QED) is 0.409. The maximum absolute atomic E-state index is 14.2. The second kappa shape index (κ2) is 9.20. The summed E-state index contributed by atoms with van der Waals surface area (Å²) in [6.07, 6.45) is -0.484. The van der Waals surface area contributed by atoms with Gasteiger partial charge in [-0.3, -0.25) is 9.62 Å². The van der Waals surface area contributed by atoms with E-state index in [2.05, 4.69) is 4.72 Å². The summed E-state index contributed by atoms with van der Waals surface area (Å²) in [6, 6.07) is 4.40. The molecule has 180 valence electrons. The minimum absolute atomic E-state index is 0.0441. The zero-order valence-corrected chi connectivity index (χ0v) is 19.3. The van der Waals surface area contributed by atoms with E-state index >= 15 is 0 Å². The molecule has 6 nitrogen and oxygen atoms in total. The molecular weight excluding hydrogens is 464 g/mol. The van der Waals surface area contributed by atoms with Crippen molar-refractivity contribution < 1.29 is 35.5 Å². The number of fused-ring (bicyclic) bond motifs is 1. The highest BCUT2D eigenvalue weighted by Gasteiger charge is 2.34. The molecule has 0 radical (unpaired) electrons. The predicted molar refractivity (Wildman–Crippen MR) is 115 cm³/mol. The summed E-state index contributed by atoms with van der Waals surface area (Å²) in [5, 5.41) is 0. The van der Waals surface area contributed by atoms with Gasteiger partial charge in [-0.2, -0.15) is 0 Å². The van der Waals surface area contributed by atoms with Gasteiger partial charge in [0.05, 0.1) is 5.69 Å². The molecule has 1 atom stereocenters. The number of carbonyl (C=O) groups is 1. The van der Waals surface area contributed by atoms with Crippen LogP contribution in [-0.4, -0.2) is 21.1 Å². The molecule has 0 spiro atoms. The molecular formula is C22H24F4N2O4S. The van der Waals surface area contributed by atoms with E-state index in [0.717, 1.165) is 6.92 Å². The summed E-state index contributed by atoms with van der Waals surface area (Å²) in [5.74, 6) is -8.25. The Hall–Kier alpha value is -2.82. The first-order valence-corrected chi connectivity index (χ1v) is 12.0. The first-order chi connectivity index (χ1) is 15.4. The van der Waals surface area contributed by atoms with Crippen LogP contribution in [0.1, 0.15) is 50.0 Å². The third kappa shape index (κ3) is 4.78. The highest BCUT2D eigenvalue weighted by Crippen LogP contribution is 2.40. The Morgan fingerprint density at radius 1 is 1.09 bits per heavy atom. The average molecular weight is 489 g/mol. The molecule has 1 aliphatic heterocycles. The number of cyclic esters (lactones) is 1. The number of nitrogens with zero attached hydrogens (tertiary/aromatic N) is 1. The maximum atomic E-state index is 14.2. The highest BCUT2D eigenvalue weighted by molar-refractivity contribution is 7.91. The molecule has 0 saturated carbocycles. The van der Waals surface area contributed by atoms with E-state index in [-0.39, 0.29) is 11.6 Å². The van der Waals surface area contributed by atoms with Crippen LogP contribution < -0.4 is 9.62 Å². The van der Waals surface area contributed by atoms with E-state index in [4.69, 9.17) is 4.74 Å². The number of rotatable bonds is 7. The second-order valence-corrected chi connectivity index (χ2v) is 9.92. The van der Waals surface area contributed by atoms with Crippen LogP contribution in [0.25, 0.3) is 0 Å². The van der Waals surface area contributed by atoms with Crippen molar-refractivity contribution in [2.45, 2.75) is 46.0 Å². The van der Waals surface area contributed by atoms with Gasteiger partial charge < -0.3 is 4.74 Å². The van der Waals surface area contributed by atoms with E-state index in [9.17, 15) is 30.8 Å². The molecule has 0 bridgehead atoms. The van der Waals surface area contributed by atoms with Gasteiger partial charge in [-0.25, -0.2) is 30.8 Å². The topological polar surface area (TPSA) is 75.7 Å².